The number of H-pyrrole nitrogens is 1. The summed E-state index contributed by atoms with van der Waals surface area (Å²) in [5, 5.41) is 9.45. The minimum atomic E-state index is -0.296. The van der Waals surface area contributed by atoms with Gasteiger partial charge in [0, 0.05) is 30.6 Å². The second-order valence-corrected chi connectivity index (χ2v) is 6.39. The van der Waals surface area contributed by atoms with Crippen molar-refractivity contribution in [3.63, 3.8) is 0 Å². The predicted octanol–water partition coefficient (Wildman–Crippen LogP) is 2.34. The second kappa shape index (κ2) is 5.83. The Balaban J connectivity index is 1.29. The van der Waals surface area contributed by atoms with Gasteiger partial charge in [0.2, 0.25) is 0 Å². The molecular formula is C18H16N6O2. The van der Waals surface area contributed by atoms with E-state index in [1.807, 2.05) is 42.6 Å². The predicted molar refractivity (Wildman–Crippen MR) is 93.6 cm³/mol. The average molecular weight is 348 g/mol. The largest absolute Gasteiger partial charge is 0.445 e. The summed E-state index contributed by atoms with van der Waals surface area (Å²) in [4.78, 5) is 21.3. The summed E-state index contributed by atoms with van der Waals surface area (Å²) >= 11 is 0. The molecule has 4 aromatic rings. The molecule has 0 unspecified atom stereocenters. The highest BCUT2D eigenvalue weighted by atomic mass is 16.6. The number of aromatic nitrogens is 5. The van der Waals surface area contributed by atoms with E-state index >= 15 is 0 Å². The highest BCUT2D eigenvalue weighted by Gasteiger charge is 2.36. The van der Waals surface area contributed by atoms with Crippen LogP contribution in [-0.2, 0) is 11.3 Å². The Kier molecular flexibility index (Phi) is 3.34. The van der Waals surface area contributed by atoms with Crippen LogP contribution in [0.2, 0.25) is 0 Å². The smallest absolute Gasteiger partial charge is 0.410 e. The number of nitrogens with one attached hydrogen (secondary N) is 1. The molecule has 0 radical (unpaired) electrons. The molecule has 0 aliphatic carbocycles. The van der Waals surface area contributed by atoms with E-state index in [1.165, 1.54) is 0 Å². The van der Waals surface area contributed by atoms with Gasteiger partial charge in [-0.25, -0.2) is 14.3 Å². The number of ether oxygens (including phenoxy) is 1. The maximum absolute atomic E-state index is 12.2. The third kappa shape index (κ3) is 2.38. The second-order valence-electron chi connectivity index (χ2n) is 6.39. The third-order valence-electron chi connectivity index (χ3n) is 4.73. The summed E-state index contributed by atoms with van der Waals surface area (Å²) in [6, 6.07) is 11.6. The molecule has 26 heavy (non-hydrogen) atoms. The van der Waals surface area contributed by atoms with Crippen LogP contribution >= 0.6 is 0 Å². The monoisotopic (exact) mass is 348 g/mol. The van der Waals surface area contributed by atoms with Gasteiger partial charge in [0.25, 0.3) is 0 Å². The number of hydrogen-bond acceptors (Lipinski definition) is 5. The number of hydrogen-bond donors (Lipinski definition) is 1. The molecule has 5 rings (SSSR count). The van der Waals surface area contributed by atoms with Gasteiger partial charge in [-0.15, -0.1) is 5.10 Å². The molecule has 1 aliphatic heterocycles. The van der Waals surface area contributed by atoms with Gasteiger partial charge in [0.1, 0.15) is 24.1 Å². The summed E-state index contributed by atoms with van der Waals surface area (Å²) < 4.78 is 7.06. The molecule has 1 aliphatic rings. The van der Waals surface area contributed by atoms with Crippen molar-refractivity contribution >= 4 is 22.6 Å². The number of rotatable bonds is 3. The Morgan fingerprint density at radius 3 is 2.92 bits per heavy atom. The number of aromatic amines is 1. The zero-order valence-corrected chi connectivity index (χ0v) is 13.9. The topological polar surface area (TPSA) is 88.4 Å². The van der Waals surface area contributed by atoms with Crippen molar-refractivity contribution in [1.29, 1.82) is 0 Å². The molecule has 8 nitrogen and oxygen atoms in total. The van der Waals surface area contributed by atoms with E-state index in [4.69, 9.17) is 4.74 Å². The van der Waals surface area contributed by atoms with Crippen molar-refractivity contribution in [3.8, 4) is 0 Å². The Labute approximate surface area is 148 Å². The van der Waals surface area contributed by atoms with E-state index in [2.05, 4.69) is 20.3 Å². The summed E-state index contributed by atoms with van der Waals surface area (Å²) in [5.74, 6) is 0.150. The van der Waals surface area contributed by atoms with E-state index < -0.39 is 0 Å². The van der Waals surface area contributed by atoms with Crippen LogP contribution in [0.4, 0.5) is 4.79 Å². The van der Waals surface area contributed by atoms with Crippen LogP contribution in [0.3, 0.4) is 0 Å². The summed E-state index contributed by atoms with van der Waals surface area (Å²) in [6.07, 6.45) is 3.20. The summed E-state index contributed by atoms with van der Waals surface area (Å²) in [7, 11) is 0. The maximum Gasteiger partial charge on any atom is 0.410 e. The van der Waals surface area contributed by atoms with Crippen molar-refractivity contribution in [2.24, 2.45) is 0 Å². The van der Waals surface area contributed by atoms with Gasteiger partial charge >= 0.3 is 6.09 Å². The molecule has 0 atom stereocenters. The number of likely N-dealkylation sites (tertiary alicyclic amines) is 1. The molecule has 1 aromatic carbocycles. The fourth-order valence-electron chi connectivity index (χ4n) is 3.31. The lowest BCUT2D eigenvalue weighted by Crippen LogP contribution is -2.48. The van der Waals surface area contributed by atoms with Crippen LogP contribution in [0.1, 0.15) is 17.2 Å². The normalized spacial score (nSPS) is 14.7. The Bertz CT molecular complexity index is 1080. The van der Waals surface area contributed by atoms with Crippen LogP contribution in [0.15, 0.2) is 48.9 Å². The highest BCUT2D eigenvalue weighted by Crippen LogP contribution is 2.31. The molecule has 1 N–H and O–H groups in total. The van der Waals surface area contributed by atoms with Crippen LogP contribution in [-0.4, -0.2) is 48.9 Å². The summed E-state index contributed by atoms with van der Waals surface area (Å²) in [6.45, 7) is 1.44. The molecule has 1 fully saturated rings. The standard InChI is InChI=1S/C18H16N6O2/c25-18(26-10-12-4-2-1-3-5-12)23-8-13(9-23)15-16-14-6-7-19-17(14)20-11-24(16)22-21-15/h1-7,11,13,19H,8-10H2. The lowest BCUT2D eigenvalue weighted by atomic mass is 9.95. The number of benzene rings is 1. The first-order chi connectivity index (χ1) is 12.8. The minimum Gasteiger partial charge on any atom is -0.445 e. The third-order valence-corrected chi connectivity index (χ3v) is 4.73. The van der Waals surface area contributed by atoms with Crippen molar-refractivity contribution in [1.82, 2.24) is 29.7 Å². The maximum atomic E-state index is 12.2. The highest BCUT2D eigenvalue weighted by molar-refractivity contribution is 5.93. The Morgan fingerprint density at radius 2 is 2.08 bits per heavy atom. The number of nitrogens with zero attached hydrogens (tertiary/aromatic N) is 5. The lowest BCUT2D eigenvalue weighted by molar-refractivity contribution is 0.0659. The number of fused-ring (bicyclic) bond motifs is 3. The van der Waals surface area contributed by atoms with Gasteiger partial charge in [-0.05, 0) is 11.6 Å². The van der Waals surface area contributed by atoms with Crippen LogP contribution in [0, 0.1) is 0 Å². The molecule has 8 heteroatoms. The SMILES string of the molecule is O=C(OCc1ccccc1)N1CC(c2nnn3cnc4[nH]ccc4c23)C1. The van der Waals surface area contributed by atoms with E-state index in [1.54, 1.807) is 15.7 Å². The van der Waals surface area contributed by atoms with E-state index in [0.29, 0.717) is 13.1 Å². The number of carbonyl (C=O) groups is 1. The van der Waals surface area contributed by atoms with Crippen LogP contribution in [0.5, 0.6) is 0 Å². The number of carbonyl (C=O) groups excluding carboxylic acids is 1. The fraction of sp³-hybridized carbons (Fsp3) is 0.222. The first-order valence-corrected chi connectivity index (χ1v) is 8.42. The first kappa shape index (κ1) is 14.9. The van der Waals surface area contributed by atoms with Crippen molar-refractivity contribution < 1.29 is 9.53 Å². The van der Waals surface area contributed by atoms with E-state index in [0.717, 1.165) is 27.8 Å². The first-order valence-electron chi connectivity index (χ1n) is 8.42. The average Bonchev–Trinajstić information content (AvgIpc) is 3.26. The molecule has 0 bridgehead atoms. The van der Waals surface area contributed by atoms with Gasteiger partial charge in [-0.3, -0.25) is 0 Å². The molecule has 0 spiro atoms. The molecule has 1 amide bonds. The molecule has 3 aromatic heterocycles. The van der Waals surface area contributed by atoms with Crippen molar-refractivity contribution in [2.75, 3.05) is 13.1 Å². The van der Waals surface area contributed by atoms with Gasteiger partial charge in [0.05, 0.1) is 5.69 Å². The minimum absolute atomic E-state index is 0.150. The van der Waals surface area contributed by atoms with Gasteiger partial charge < -0.3 is 14.6 Å². The molecular weight excluding hydrogens is 332 g/mol. The molecule has 1 saturated heterocycles. The van der Waals surface area contributed by atoms with Crippen molar-refractivity contribution in [3.05, 3.63) is 60.2 Å². The van der Waals surface area contributed by atoms with Crippen LogP contribution in [0.25, 0.3) is 16.6 Å². The van der Waals surface area contributed by atoms with Gasteiger partial charge in [-0.1, -0.05) is 35.5 Å². The van der Waals surface area contributed by atoms with E-state index in [9.17, 15) is 4.79 Å². The lowest BCUT2D eigenvalue weighted by Gasteiger charge is -2.37. The fourth-order valence-corrected chi connectivity index (χ4v) is 3.31. The molecule has 0 saturated carbocycles. The Morgan fingerprint density at radius 1 is 1.23 bits per heavy atom. The number of amides is 1. The molecule has 4 heterocycles. The quantitative estimate of drug-likeness (QED) is 0.614. The zero-order chi connectivity index (χ0) is 17.5. The van der Waals surface area contributed by atoms with Crippen molar-refractivity contribution in [2.45, 2.75) is 12.5 Å². The van der Waals surface area contributed by atoms with Crippen LogP contribution < -0.4 is 0 Å². The van der Waals surface area contributed by atoms with Gasteiger partial charge in [0.15, 0.2) is 0 Å². The molecule has 130 valence electrons. The van der Waals surface area contributed by atoms with Gasteiger partial charge in [-0.2, -0.15) is 0 Å². The van der Waals surface area contributed by atoms with E-state index in [-0.39, 0.29) is 18.6 Å². The zero-order valence-electron chi connectivity index (χ0n) is 13.9. The Hall–Kier alpha value is -3.42. The summed E-state index contributed by atoms with van der Waals surface area (Å²) in [5.41, 5.74) is 3.62.